The highest BCUT2D eigenvalue weighted by atomic mass is 79.9. The maximum Gasteiger partial charge on any atom is 0.149 e. The third kappa shape index (κ3) is 1.52. The molecule has 0 radical (unpaired) electrons. The van der Waals surface area contributed by atoms with Crippen molar-refractivity contribution < 1.29 is 4.79 Å². The largest absolute Gasteiger partial charge is 0.298 e. The lowest BCUT2D eigenvalue weighted by atomic mass is 9.83. The van der Waals surface area contributed by atoms with Crippen LogP contribution in [0.2, 0.25) is 0 Å². The van der Waals surface area contributed by atoms with Crippen LogP contribution in [0.25, 0.3) is 0 Å². The minimum absolute atomic E-state index is 0.173. The molecule has 0 spiro atoms. The molecule has 2 heteroatoms. The van der Waals surface area contributed by atoms with E-state index in [1.165, 1.54) is 11.1 Å². The van der Waals surface area contributed by atoms with Crippen molar-refractivity contribution in [1.82, 2.24) is 0 Å². The van der Waals surface area contributed by atoms with E-state index in [9.17, 15) is 4.79 Å². The Morgan fingerprint density at radius 3 is 2.29 bits per heavy atom. The minimum atomic E-state index is -0.173. The average Bonchev–Trinajstić information content (AvgIpc) is 2.54. The average molecular weight is 253 g/mol. The van der Waals surface area contributed by atoms with E-state index in [1.807, 2.05) is 12.1 Å². The number of hydrogen-bond acceptors (Lipinski definition) is 1. The Hall–Kier alpha value is -0.630. The molecule has 0 amide bonds. The summed E-state index contributed by atoms with van der Waals surface area (Å²) in [5.41, 5.74) is 2.50. The summed E-state index contributed by atoms with van der Waals surface area (Å²) in [6, 6.07) is 8.34. The van der Waals surface area contributed by atoms with E-state index in [0.717, 1.165) is 12.8 Å². The Balaban J connectivity index is 2.30. The molecule has 0 aliphatic heterocycles. The molecule has 74 valence electrons. The molecule has 0 unspecified atom stereocenters. The van der Waals surface area contributed by atoms with E-state index in [4.69, 9.17) is 0 Å². The van der Waals surface area contributed by atoms with Gasteiger partial charge in [0, 0.05) is 5.41 Å². The standard InChI is InChI=1S/C12H13BrO/c1-12(11(14)8-13)6-9-4-2-3-5-10(9)7-12/h2-5H,6-8H2,1H3. The summed E-state index contributed by atoms with van der Waals surface area (Å²) in [4.78, 5) is 11.8. The predicted molar refractivity (Wildman–Crippen MR) is 60.8 cm³/mol. The molecular weight excluding hydrogens is 240 g/mol. The normalized spacial score (nSPS) is 17.9. The van der Waals surface area contributed by atoms with Crippen LogP contribution >= 0.6 is 15.9 Å². The quantitative estimate of drug-likeness (QED) is 0.740. The first-order chi connectivity index (χ1) is 6.65. The number of Topliss-reactive ketones (excluding diaryl/α,β-unsaturated/α-hetero) is 1. The van der Waals surface area contributed by atoms with Crippen molar-refractivity contribution >= 4 is 21.7 Å². The maximum absolute atomic E-state index is 11.8. The molecule has 1 aliphatic rings. The summed E-state index contributed by atoms with van der Waals surface area (Å²) < 4.78 is 0. The van der Waals surface area contributed by atoms with Crippen LogP contribution in [-0.4, -0.2) is 11.1 Å². The zero-order valence-electron chi connectivity index (χ0n) is 8.22. The Bertz CT molecular complexity index is 345. The number of carbonyl (C=O) groups excluding carboxylic acids is 1. The smallest absolute Gasteiger partial charge is 0.149 e. The summed E-state index contributed by atoms with van der Waals surface area (Å²) >= 11 is 3.26. The monoisotopic (exact) mass is 252 g/mol. The van der Waals surface area contributed by atoms with Gasteiger partial charge in [0.15, 0.2) is 0 Å². The molecule has 0 bridgehead atoms. The van der Waals surface area contributed by atoms with Gasteiger partial charge in [0.2, 0.25) is 0 Å². The highest BCUT2D eigenvalue weighted by Gasteiger charge is 2.37. The van der Waals surface area contributed by atoms with Gasteiger partial charge in [-0.3, -0.25) is 4.79 Å². The van der Waals surface area contributed by atoms with Crippen molar-refractivity contribution in [2.24, 2.45) is 5.41 Å². The fraction of sp³-hybridized carbons (Fsp3) is 0.417. The second-order valence-electron chi connectivity index (χ2n) is 4.24. The van der Waals surface area contributed by atoms with Gasteiger partial charge in [0.25, 0.3) is 0 Å². The third-order valence-electron chi connectivity index (χ3n) is 3.07. The van der Waals surface area contributed by atoms with Crippen molar-refractivity contribution in [2.75, 3.05) is 5.33 Å². The molecule has 1 aliphatic carbocycles. The molecule has 0 heterocycles. The van der Waals surface area contributed by atoms with E-state index in [-0.39, 0.29) is 5.41 Å². The molecule has 0 atom stereocenters. The molecule has 0 N–H and O–H groups in total. The lowest BCUT2D eigenvalue weighted by Crippen LogP contribution is -2.29. The Labute approximate surface area is 92.6 Å². The summed E-state index contributed by atoms with van der Waals surface area (Å²) in [6.45, 7) is 2.07. The molecule has 14 heavy (non-hydrogen) atoms. The zero-order chi connectivity index (χ0) is 10.2. The van der Waals surface area contributed by atoms with Crippen molar-refractivity contribution in [1.29, 1.82) is 0 Å². The van der Waals surface area contributed by atoms with Crippen LogP contribution in [0.3, 0.4) is 0 Å². The van der Waals surface area contributed by atoms with Gasteiger partial charge in [-0.15, -0.1) is 0 Å². The van der Waals surface area contributed by atoms with Crippen molar-refractivity contribution in [3.8, 4) is 0 Å². The van der Waals surface area contributed by atoms with E-state index in [0.29, 0.717) is 11.1 Å². The van der Waals surface area contributed by atoms with Crippen LogP contribution in [0, 0.1) is 5.41 Å². The molecular formula is C12H13BrO. The Morgan fingerprint density at radius 1 is 1.36 bits per heavy atom. The third-order valence-corrected chi connectivity index (χ3v) is 3.58. The van der Waals surface area contributed by atoms with Crippen LogP contribution in [0.15, 0.2) is 24.3 Å². The highest BCUT2D eigenvalue weighted by molar-refractivity contribution is 9.09. The SMILES string of the molecule is CC1(C(=O)CBr)Cc2ccccc2C1. The van der Waals surface area contributed by atoms with Crippen LogP contribution in [0.1, 0.15) is 18.1 Å². The maximum atomic E-state index is 11.8. The molecule has 1 nitrogen and oxygen atoms in total. The van der Waals surface area contributed by atoms with Crippen LogP contribution in [-0.2, 0) is 17.6 Å². The Kier molecular flexibility index (Phi) is 2.48. The second-order valence-corrected chi connectivity index (χ2v) is 4.80. The van der Waals surface area contributed by atoms with Gasteiger partial charge in [0.05, 0.1) is 5.33 Å². The highest BCUT2D eigenvalue weighted by Crippen LogP contribution is 2.37. The first-order valence-corrected chi connectivity index (χ1v) is 5.94. The molecule has 0 saturated carbocycles. The number of alkyl halides is 1. The Morgan fingerprint density at radius 2 is 1.86 bits per heavy atom. The zero-order valence-corrected chi connectivity index (χ0v) is 9.80. The summed E-state index contributed by atoms with van der Waals surface area (Å²) in [6.07, 6.45) is 1.79. The topological polar surface area (TPSA) is 17.1 Å². The van der Waals surface area contributed by atoms with Gasteiger partial charge >= 0.3 is 0 Å². The number of hydrogen-bond donors (Lipinski definition) is 0. The van der Waals surface area contributed by atoms with Crippen LogP contribution in [0.5, 0.6) is 0 Å². The minimum Gasteiger partial charge on any atom is -0.298 e. The molecule has 2 rings (SSSR count). The molecule has 1 aromatic rings. The van der Waals surface area contributed by atoms with E-state index < -0.39 is 0 Å². The van der Waals surface area contributed by atoms with E-state index >= 15 is 0 Å². The number of carbonyl (C=O) groups is 1. The van der Waals surface area contributed by atoms with Crippen LogP contribution in [0.4, 0.5) is 0 Å². The van der Waals surface area contributed by atoms with Crippen molar-refractivity contribution in [3.63, 3.8) is 0 Å². The molecule has 0 fully saturated rings. The summed E-state index contributed by atoms with van der Waals surface area (Å²) in [5, 5.41) is 0.470. The molecule has 0 aromatic heterocycles. The van der Waals surface area contributed by atoms with E-state index in [1.54, 1.807) is 0 Å². The van der Waals surface area contributed by atoms with Crippen molar-refractivity contribution in [2.45, 2.75) is 19.8 Å². The van der Waals surface area contributed by atoms with Gasteiger partial charge in [-0.05, 0) is 24.0 Å². The van der Waals surface area contributed by atoms with Gasteiger partial charge in [-0.25, -0.2) is 0 Å². The van der Waals surface area contributed by atoms with Gasteiger partial charge in [-0.1, -0.05) is 47.1 Å². The fourth-order valence-corrected chi connectivity index (χ4v) is 2.84. The number of ketones is 1. The van der Waals surface area contributed by atoms with Crippen LogP contribution < -0.4 is 0 Å². The van der Waals surface area contributed by atoms with Crippen molar-refractivity contribution in [3.05, 3.63) is 35.4 Å². The summed E-state index contributed by atoms with van der Waals surface area (Å²) in [7, 11) is 0. The predicted octanol–water partition coefficient (Wildman–Crippen LogP) is 2.76. The number of rotatable bonds is 2. The number of fused-ring (bicyclic) bond motifs is 1. The molecule has 0 saturated heterocycles. The lowest BCUT2D eigenvalue weighted by Gasteiger charge is -2.20. The summed E-state index contributed by atoms with van der Waals surface area (Å²) in [5.74, 6) is 0.314. The molecule has 1 aromatic carbocycles. The first-order valence-electron chi connectivity index (χ1n) is 4.82. The van der Waals surface area contributed by atoms with Gasteiger partial charge in [0.1, 0.15) is 5.78 Å². The fourth-order valence-electron chi connectivity index (χ4n) is 2.16. The van der Waals surface area contributed by atoms with E-state index in [2.05, 4.69) is 35.0 Å². The lowest BCUT2D eigenvalue weighted by molar-refractivity contribution is -0.124. The van der Waals surface area contributed by atoms with Gasteiger partial charge < -0.3 is 0 Å². The number of benzene rings is 1. The second kappa shape index (κ2) is 3.50. The van der Waals surface area contributed by atoms with Gasteiger partial charge in [-0.2, -0.15) is 0 Å². The number of halogens is 1. The first kappa shape index (κ1) is 9.91.